The highest BCUT2D eigenvalue weighted by Gasteiger charge is 2.27. The van der Waals surface area contributed by atoms with Gasteiger partial charge in [0.1, 0.15) is 12.1 Å². The minimum absolute atomic E-state index is 0.0200. The van der Waals surface area contributed by atoms with Crippen molar-refractivity contribution in [1.82, 2.24) is 21.3 Å². The summed E-state index contributed by atoms with van der Waals surface area (Å²) in [5.41, 5.74) is 5.02. The highest BCUT2D eigenvalue weighted by molar-refractivity contribution is 5.92. The summed E-state index contributed by atoms with van der Waals surface area (Å²) in [5.74, 6) is -5.09. The predicted octanol–water partition coefficient (Wildman–Crippen LogP) is -2.60. The van der Waals surface area contributed by atoms with E-state index in [2.05, 4.69) is 21.3 Å². The maximum Gasteiger partial charge on any atom is 0.303 e. The van der Waals surface area contributed by atoms with E-state index in [4.69, 9.17) is 62.6 Å². The number of rotatable bonds is 52. The molecule has 0 aromatic heterocycles. The molecular formula is C42H77N5O21. The van der Waals surface area contributed by atoms with E-state index in [9.17, 15) is 43.8 Å². The Kier molecular flexibility index (Phi) is 44.9. The molecule has 0 bridgehead atoms. The molecular weight excluding hydrogens is 910 g/mol. The molecule has 0 heterocycles. The molecule has 2 atom stereocenters. The van der Waals surface area contributed by atoms with Gasteiger partial charge in [-0.05, 0) is 12.8 Å². The highest BCUT2D eigenvalue weighted by atomic mass is 16.6. The molecule has 8 N–H and O–H groups in total. The minimum atomic E-state index is -1.33. The molecule has 26 heteroatoms. The van der Waals surface area contributed by atoms with Gasteiger partial charge in [-0.15, -0.1) is 0 Å². The van der Waals surface area contributed by atoms with Crippen LogP contribution in [-0.2, 0) is 90.4 Å². The number of ether oxygens (including phenoxy) is 12. The number of aliphatic carboxylic acids is 2. The summed E-state index contributed by atoms with van der Waals surface area (Å²) in [7, 11) is 0. The van der Waals surface area contributed by atoms with Gasteiger partial charge in [0.25, 0.3) is 0 Å². The van der Waals surface area contributed by atoms with E-state index in [1.54, 1.807) is 0 Å². The van der Waals surface area contributed by atoms with Gasteiger partial charge in [0.15, 0.2) is 0 Å². The zero-order chi connectivity index (χ0) is 50.1. The number of carbonyl (C=O) groups is 7. The van der Waals surface area contributed by atoms with Crippen LogP contribution in [0, 0.1) is 0 Å². The van der Waals surface area contributed by atoms with Crippen molar-refractivity contribution in [3.8, 4) is 0 Å². The zero-order valence-corrected chi connectivity index (χ0v) is 39.5. The lowest BCUT2D eigenvalue weighted by Gasteiger charge is -2.23. The van der Waals surface area contributed by atoms with Gasteiger partial charge in [-0.3, -0.25) is 33.6 Å². The number of amides is 5. The topological polar surface area (TPSA) is 345 Å². The number of nitrogens with one attached hydrogen (secondary N) is 4. The van der Waals surface area contributed by atoms with Crippen molar-refractivity contribution in [1.29, 1.82) is 0 Å². The molecule has 396 valence electrons. The van der Waals surface area contributed by atoms with Crippen molar-refractivity contribution in [3.63, 3.8) is 0 Å². The van der Waals surface area contributed by atoms with Crippen LogP contribution in [0.3, 0.4) is 0 Å². The average Bonchev–Trinajstić information content (AvgIpc) is 3.29. The summed E-state index contributed by atoms with van der Waals surface area (Å²) in [4.78, 5) is 82.7. The van der Waals surface area contributed by atoms with Crippen LogP contribution in [0.25, 0.3) is 0 Å². The number of hydrogen-bond donors (Lipinski definition) is 7. The number of hydrogen-bond acceptors (Lipinski definition) is 19. The predicted molar refractivity (Wildman–Crippen MR) is 238 cm³/mol. The first-order chi connectivity index (χ1) is 32.9. The SMILES string of the molecule is CC(=O)NCCOCCOCCOCCOCCOCCOCCC(=O)N[C@@H](CCC(=O)O)C(=O)N[C@@H](CCC(=O)O)C(=O)NCCOCCOCCOCCOCCOCCOCCC(N)=O. The number of primary amides is 1. The molecule has 68 heavy (non-hydrogen) atoms. The fraction of sp³-hybridized carbons (Fsp3) is 0.833. The molecule has 0 saturated carbocycles. The first kappa shape index (κ1) is 63.8. The van der Waals surface area contributed by atoms with Crippen LogP contribution in [0.1, 0.15) is 45.4 Å². The second-order valence-electron chi connectivity index (χ2n) is 14.1. The van der Waals surface area contributed by atoms with Crippen LogP contribution in [-0.4, -0.2) is 235 Å². The fourth-order valence-electron chi connectivity index (χ4n) is 5.02. The lowest BCUT2D eigenvalue weighted by molar-refractivity contribution is -0.139. The Labute approximate surface area is 397 Å². The molecule has 0 unspecified atom stereocenters. The second-order valence-corrected chi connectivity index (χ2v) is 14.1. The van der Waals surface area contributed by atoms with E-state index < -0.39 is 60.5 Å². The average molecular weight is 988 g/mol. The van der Waals surface area contributed by atoms with Crippen molar-refractivity contribution < 1.29 is 101 Å². The third kappa shape index (κ3) is 46.9. The van der Waals surface area contributed by atoms with Crippen molar-refractivity contribution >= 4 is 41.5 Å². The van der Waals surface area contributed by atoms with Crippen molar-refractivity contribution in [2.75, 3.05) is 172 Å². The molecule has 0 aliphatic heterocycles. The van der Waals surface area contributed by atoms with E-state index in [-0.39, 0.29) is 84.4 Å². The van der Waals surface area contributed by atoms with Crippen LogP contribution in [0.2, 0.25) is 0 Å². The van der Waals surface area contributed by atoms with E-state index in [1.807, 2.05) is 0 Å². The second kappa shape index (κ2) is 47.9. The maximum absolute atomic E-state index is 13.2. The molecule has 0 spiro atoms. The van der Waals surface area contributed by atoms with Crippen LogP contribution in [0.5, 0.6) is 0 Å². The Balaban J connectivity index is 4.18. The van der Waals surface area contributed by atoms with Gasteiger partial charge in [0, 0.05) is 45.7 Å². The Hall–Kier alpha value is -4.19. The Morgan fingerprint density at radius 2 is 0.676 bits per heavy atom. The Morgan fingerprint density at radius 3 is 1.00 bits per heavy atom. The number of nitrogens with two attached hydrogens (primary N) is 1. The van der Waals surface area contributed by atoms with Gasteiger partial charge in [0.05, 0.1) is 159 Å². The standard InChI is InChI=1S/C42H77N5O21/c1-34(48)44-8-12-59-16-20-63-24-28-67-33-31-66-27-23-62-19-15-58-11-7-38(50)46-36(3-5-40(53)54)42(56)47-35(2-4-39(51)52)41(55)45-9-13-60-17-21-64-25-29-68-32-30-65-26-22-61-18-14-57-10-6-37(43)49/h35-36H,2-33H2,1H3,(H2,43,49)(H,44,48)(H,45,55)(H,46,50)(H,47,56)(H,51,52)(H,53,54)/t35-,36-/m0/s1. The molecule has 0 fully saturated rings. The lowest BCUT2D eigenvalue weighted by atomic mass is 10.1. The van der Waals surface area contributed by atoms with Gasteiger partial charge in [-0.2, -0.15) is 0 Å². The molecule has 0 aliphatic rings. The van der Waals surface area contributed by atoms with Gasteiger partial charge in [-0.1, -0.05) is 0 Å². The van der Waals surface area contributed by atoms with E-state index in [1.165, 1.54) is 6.92 Å². The smallest absolute Gasteiger partial charge is 0.303 e. The molecule has 0 saturated heterocycles. The monoisotopic (exact) mass is 988 g/mol. The summed E-state index contributed by atoms with van der Waals surface area (Å²) in [6.45, 7) is 9.54. The van der Waals surface area contributed by atoms with E-state index in [0.29, 0.717) is 119 Å². The van der Waals surface area contributed by atoms with Crippen LogP contribution in [0.4, 0.5) is 0 Å². The Morgan fingerprint density at radius 1 is 0.382 bits per heavy atom. The Bertz CT molecular complexity index is 1320. The molecule has 0 aromatic rings. The summed E-state index contributed by atoms with van der Waals surface area (Å²) in [6, 6.07) is -2.62. The van der Waals surface area contributed by atoms with Crippen molar-refractivity contribution in [2.45, 2.75) is 57.5 Å². The van der Waals surface area contributed by atoms with Crippen molar-refractivity contribution in [3.05, 3.63) is 0 Å². The minimum Gasteiger partial charge on any atom is -0.481 e. The van der Waals surface area contributed by atoms with E-state index in [0.717, 1.165) is 0 Å². The van der Waals surface area contributed by atoms with E-state index >= 15 is 0 Å². The van der Waals surface area contributed by atoms with Crippen LogP contribution in [0.15, 0.2) is 0 Å². The molecule has 0 aromatic carbocycles. The normalized spacial score (nSPS) is 12.0. The van der Waals surface area contributed by atoms with Gasteiger partial charge < -0.3 is 94.1 Å². The molecule has 26 nitrogen and oxygen atoms in total. The molecule has 0 rings (SSSR count). The molecule has 5 amide bonds. The van der Waals surface area contributed by atoms with Crippen LogP contribution >= 0.6 is 0 Å². The lowest BCUT2D eigenvalue weighted by Crippen LogP contribution is -2.54. The van der Waals surface area contributed by atoms with Crippen LogP contribution < -0.4 is 27.0 Å². The number of carboxylic acid groups (broad SMARTS) is 2. The van der Waals surface area contributed by atoms with Crippen molar-refractivity contribution in [2.24, 2.45) is 5.73 Å². The highest BCUT2D eigenvalue weighted by Crippen LogP contribution is 2.04. The summed E-state index contributed by atoms with van der Waals surface area (Å²) < 4.78 is 64.7. The van der Waals surface area contributed by atoms with Gasteiger partial charge >= 0.3 is 11.9 Å². The quantitative estimate of drug-likeness (QED) is 0.0307. The number of carboxylic acids is 2. The summed E-state index contributed by atoms with van der Waals surface area (Å²) in [6.07, 6.45) is -1.46. The number of carbonyl (C=O) groups excluding carboxylic acids is 5. The third-order valence-electron chi connectivity index (χ3n) is 8.43. The summed E-state index contributed by atoms with van der Waals surface area (Å²) >= 11 is 0. The largest absolute Gasteiger partial charge is 0.481 e. The van der Waals surface area contributed by atoms with Gasteiger partial charge in [0.2, 0.25) is 29.5 Å². The first-order valence-corrected chi connectivity index (χ1v) is 22.7. The molecule has 0 radical (unpaired) electrons. The fourth-order valence-corrected chi connectivity index (χ4v) is 5.02. The molecule has 0 aliphatic carbocycles. The zero-order valence-electron chi connectivity index (χ0n) is 39.5. The first-order valence-electron chi connectivity index (χ1n) is 22.7. The maximum atomic E-state index is 13.2. The van der Waals surface area contributed by atoms with Gasteiger partial charge in [-0.25, -0.2) is 0 Å². The third-order valence-corrected chi connectivity index (χ3v) is 8.43. The summed E-state index contributed by atoms with van der Waals surface area (Å²) in [5, 5.41) is 28.5.